The van der Waals surface area contributed by atoms with E-state index >= 15 is 0 Å². The van der Waals surface area contributed by atoms with Crippen molar-refractivity contribution in [1.29, 1.82) is 5.41 Å². The monoisotopic (exact) mass is 291 g/mol. The van der Waals surface area contributed by atoms with Crippen molar-refractivity contribution in [2.24, 2.45) is 5.73 Å². The van der Waals surface area contributed by atoms with E-state index in [0.29, 0.717) is 18.6 Å². The summed E-state index contributed by atoms with van der Waals surface area (Å²) in [5.74, 6) is -0.304. The number of hydrogen-bond donors (Lipinski definition) is 2. The summed E-state index contributed by atoms with van der Waals surface area (Å²) in [7, 11) is 0. The molecule has 0 aromatic heterocycles. The van der Waals surface area contributed by atoms with E-state index < -0.39 is 22.4 Å². The van der Waals surface area contributed by atoms with E-state index in [9.17, 15) is 23.3 Å². The van der Waals surface area contributed by atoms with Crippen molar-refractivity contribution in [3.05, 3.63) is 33.9 Å². The van der Waals surface area contributed by atoms with Crippen molar-refractivity contribution in [3.63, 3.8) is 0 Å². The maximum absolute atomic E-state index is 12.5. The predicted molar refractivity (Wildman–Crippen MR) is 64.7 cm³/mol. The van der Waals surface area contributed by atoms with Crippen molar-refractivity contribution in [2.75, 3.05) is 6.61 Å². The molecule has 0 fully saturated rings. The molecule has 0 amide bonds. The number of benzene rings is 1. The van der Waals surface area contributed by atoms with Crippen molar-refractivity contribution in [2.45, 2.75) is 19.0 Å². The second-order valence-corrected chi connectivity index (χ2v) is 3.91. The smallest absolute Gasteiger partial charge is 0.416 e. The molecule has 0 bridgehead atoms. The summed E-state index contributed by atoms with van der Waals surface area (Å²) in [5, 5.41) is 17.7. The molecule has 0 saturated heterocycles. The molecule has 0 atom stereocenters. The summed E-state index contributed by atoms with van der Waals surface area (Å²) in [6.45, 7) is 0.0196. The first kappa shape index (κ1) is 15.7. The number of hydrogen-bond acceptors (Lipinski definition) is 4. The minimum absolute atomic E-state index is 0.0196. The molecule has 20 heavy (non-hydrogen) atoms. The highest BCUT2D eigenvalue weighted by molar-refractivity contribution is 5.76. The Labute approximate surface area is 112 Å². The van der Waals surface area contributed by atoms with Gasteiger partial charge < -0.3 is 10.5 Å². The maximum atomic E-state index is 12.5. The van der Waals surface area contributed by atoms with Crippen LogP contribution in [0.25, 0.3) is 0 Å². The molecule has 0 aliphatic rings. The van der Waals surface area contributed by atoms with E-state index in [1.165, 1.54) is 0 Å². The second-order valence-electron chi connectivity index (χ2n) is 3.91. The molecule has 1 aromatic carbocycles. The van der Waals surface area contributed by atoms with Crippen LogP contribution in [0.1, 0.15) is 18.4 Å². The standard InChI is InChI=1S/C11H12F3N3O3/c12-11(13,14)7-3-4-9(8(6-7)17(18)19)20-5-1-2-10(15)16/h3-4,6H,1-2,5H2,(H3,15,16). The first-order valence-corrected chi connectivity index (χ1v) is 5.53. The van der Waals surface area contributed by atoms with Gasteiger partial charge in [-0.3, -0.25) is 15.5 Å². The van der Waals surface area contributed by atoms with Gasteiger partial charge in [-0.25, -0.2) is 0 Å². The molecule has 0 radical (unpaired) electrons. The van der Waals surface area contributed by atoms with Crippen LogP contribution < -0.4 is 10.5 Å². The summed E-state index contributed by atoms with van der Waals surface area (Å²) in [6.07, 6.45) is -4.07. The van der Waals surface area contributed by atoms with Gasteiger partial charge in [-0.05, 0) is 18.6 Å². The average Bonchev–Trinajstić information content (AvgIpc) is 2.33. The summed E-state index contributed by atoms with van der Waals surface area (Å²) < 4.78 is 42.4. The molecule has 9 heteroatoms. The Morgan fingerprint density at radius 2 is 2.10 bits per heavy atom. The molecule has 3 N–H and O–H groups in total. The Morgan fingerprint density at radius 1 is 1.45 bits per heavy atom. The topological polar surface area (TPSA) is 102 Å². The van der Waals surface area contributed by atoms with Crippen LogP contribution in [0, 0.1) is 15.5 Å². The molecule has 6 nitrogen and oxygen atoms in total. The summed E-state index contributed by atoms with van der Waals surface area (Å²) >= 11 is 0. The van der Waals surface area contributed by atoms with Crippen molar-refractivity contribution < 1.29 is 22.8 Å². The van der Waals surface area contributed by atoms with Gasteiger partial charge in [0.15, 0.2) is 5.75 Å². The Morgan fingerprint density at radius 3 is 2.60 bits per heavy atom. The quantitative estimate of drug-likeness (QED) is 0.276. The fourth-order valence-electron chi connectivity index (χ4n) is 1.40. The van der Waals surface area contributed by atoms with Crippen molar-refractivity contribution >= 4 is 11.5 Å². The first-order chi connectivity index (χ1) is 9.21. The van der Waals surface area contributed by atoms with Crippen LogP contribution in [0.15, 0.2) is 18.2 Å². The molecule has 0 aliphatic carbocycles. The molecule has 0 spiro atoms. The predicted octanol–water partition coefficient (Wildman–Crippen LogP) is 2.71. The molecule has 110 valence electrons. The Kier molecular flexibility index (Phi) is 4.89. The summed E-state index contributed by atoms with van der Waals surface area (Å²) in [4.78, 5) is 9.81. The van der Waals surface area contributed by atoms with Gasteiger partial charge in [-0.2, -0.15) is 13.2 Å². The zero-order chi connectivity index (χ0) is 15.3. The number of nitrogens with two attached hydrogens (primary N) is 1. The van der Waals surface area contributed by atoms with E-state index in [2.05, 4.69) is 0 Å². The van der Waals surface area contributed by atoms with Crippen LogP contribution in [-0.2, 0) is 6.18 Å². The van der Waals surface area contributed by atoms with Gasteiger partial charge in [0.05, 0.1) is 22.9 Å². The number of amidine groups is 1. The lowest BCUT2D eigenvalue weighted by molar-refractivity contribution is -0.386. The molecule has 0 unspecified atom stereocenters. The number of nitro groups is 1. The van der Waals surface area contributed by atoms with Gasteiger partial charge in [-0.1, -0.05) is 0 Å². The molecule has 1 rings (SSSR count). The average molecular weight is 291 g/mol. The number of nitro benzene ring substituents is 1. The SMILES string of the molecule is N=C(N)CCCOc1ccc(C(F)(F)F)cc1[N+](=O)[O-]. The molecular weight excluding hydrogens is 279 g/mol. The summed E-state index contributed by atoms with van der Waals surface area (Å²) in [5.41, 5.74) is 3.25. The third-order valence-corrected chi connectivity index (χ3v) is 2.33. The van der Waals surface area contributed by atoms with Crippen LogP contribution >= 0.6 is 0 Å². The minimum atomic E-state index is -4.65. The minimum Gasteiger partial charge on any atom is -0.487 e. The van der Waals surface area contributed by atoms with Crippen LogP contribution in [0.2, 0.25) is 0 Å². The third-order valence-electron chi connectivity index (χ3n) is 2.33. The highest BCUT2D eigenvalue weighted by Gasteiger charge is 2.33. The zero-order valence-corrected chi connectivity index (χ0v) is 10.2. The van der Waals surface area contributed by atoms with Crippen molar-refractivity contribution in [1.82, 2.24) is 0 Å². The van der Waals surface area contributed by atoms with E-state index in [-0.39, 0.29) is 24.6 Å². The third kappa shape index (κ3) is 4.41. The number of nitrogens with zero attached hydrogens (tertiary/aromatic N) is 1. The maximum Gasteiger partial charge on any atom is 0.416 e. The second kappa shape index (κ2) is 6.22. The van der Waals surface area contributed by atoms with Crippen LogP contribution in [0.4, 0.5) is 18.9 Å². The van der Waals surface area contributed by atoms with Crippen LogP contribution in [0.3, 0.4) is 0 Å². The van der Waals surface area contributed by atoms with Crippen LogP contribution in [-0.4, -0.2) is 17.4 Å². The molecule has 0 aliphatic heterocycles. The largest absolute Gasteiger partial charge is 0.487 e. The van der Waals surface area contributed by atoms with E-state index in [1.807, 2.05) is 0 Å². The lowest BCUT2D eigenvalue weighted by Crippen LogP contribution is -2.11. The van der Waals surface area contributed by atoms with Gasteiger partial charge in [0, 0.05) is 12.5 Å². The Hall–Kier alpha value is -2.32. The number of halogens is 3. The van der Waals surface area contributed by atoms with Crippen molar-refractivity contribution in [3.8, 4) is 5.75 Å². The van der Waals surface area contributed by atoms with Gasteiger partial charge >= 0.3 is 11.9 Å². The van der Waals surface area contributed by atoms with E-state index in [4.69, 9.17) is 15.9 Å². The van der Waals surface area contributed by atoms with Gasteiger partial charge in [0.1, 0.15) is 0 Å². The molecule has 0 heterocycles. The molecule has 0 saturated carbocycles. The van der Waals surface area contributed by atoms with Gasteiger partial charge in [0.25, 0.3) is 0 Å². The number of rotatable bonds is 6. The fourth-order valence-corrected chi connectivity index (χ4v) is 1.40. The Balaban J connectivity index is 2.86. The zero-order valence-electron chi connectivity index (χ0n) is 10.2. The summed E-state index contributed by atoms with van der Waals surface area (Å²) in [6, 6.07) is 2.06. The van der Waals surface area contributed by atoms with E-state index in [1.54, 1.807) is 0 Å². The highest BCUT2D eigenvalue weighted by atomic mass is 19.4. The normalized spacial score (nSPS) is 11.2. The Bertz CT molecular complexity index is 517. The number of ether oxygens (including phenoxy) is 1. The van der Waals surface area contributed by atoms with Crippen LogP contribution in [0.5, 0.6) is 5.75 Å². The molecular formula is C11H12F3N3O3. The first-order valence-electron chi connectivity index (χ1n) is 5.53. The molecule has 1 aromatic rings. The lowest BCUT2D eigenvalue weighted by Gasteiger charge is -2.10. The number of alkyl halides is 3. The fraction of sp³-hybridized carbons (Fsp3) is 0.364. The van der Waals surface area contributed by atoms with E-state index in [0.717, 1.165) is 6.07 Å². The van der Waals surface area contributed by atoms with Gasteiger partial charge in [-0.15, -0.1) is 0 Å². The number of nitrogens with one attached hydrogen (secondary N) is 1. The lowest BCUT2D eigenvalue weighted by atomic mass is 10.2. The highest BCUT2D eigenvalue weighted by Crippen LogP contribution is 2.36. The van der Waals surface area contributed by atoms with Gasteiger partial charge in [0.2, 0.25) is 0 Å².